The van der Waals surface area contributed by atoms with Crippen molar-refractivity contribution in [1.29, 1.82) is 0 Å². The van der Waals surface area contributed by atoms with E-state index in [1.54, 1.807) is 12.1 Å². The number of fused-ring (bicyclic) bond motifs is 5. The Morgan fingerprint density at radius 2 is 1.89 bits per heavy atom. The Kier molecular flexibility index (Phi) is 4.31. The number of aliphatic hydroxyl groups is 1. The van der Waals surface area contributed by atoms with Gasteiger partial charge in [0, 0.05) is 0 Å². The van der Waals surface area contributed by atoms with Crippen LogP contribution < -0.4 is 4.74 Å². The van der Waals surface area contributed by atoms with Gasteiger partial charge in [0.25, 0.3) is 0 Å². The second-order valence-corrected chi connectivity index (χ2v) is 9.17. The Morgan fingerprint density at radius 3 is 2.71 bits per heavy atom. The molecule has 2 aromatic rings. The molecule has 5 rings (SSSR count). The summed E-state index contributed by atoms with van der Waals surface area (Å²) in [5.74, 6) is 2.25. The van der Waals surface area contributed by atoms with Crippen molar-refractivity contribution in [2.24, 2.45) is 17.3 Å². The lowest BCUT2D eigenvalue weighted by atomic mass is 9.55. The molecule has 3 nitrogen and oxygen atoms in total. The second-order valence-electron chi connectivity index (χ2n) is 9.17. The highest BCUT2D eigenvalue weighted by Crippen LogP contribution is 2.60. The minimum atomic E-state index is -0.303. The van der Waals surface area contributed by atoms with Gasteiger partial charge in [0.1, 0.15) is 5.75 Å². The molecule has 2 fully saturated rings. The van der Waals surface area contributed by atoms with Crippen molar-refractivity contribution >= 4 is 5.97 Å². The normalized spacial score (nSPS) is 33.5. The van der Waals surface area contributed by atoms with E-state index in [0.29, 0.717) is 29.1 Å². The molecule has 0 aromatic heterocycles. The number of rotatable bonds is 2. The van der Waals surface area contributed by atoms with Crippen LogP contribution in [0.2, 0.25) is 0 Å². The molecule has 0 saturated heterocycles. The third-order valence-corrected chi connectivity index (χ3v) is 7.87. The summed E-state index contributed by atoms with van der Waals surface area (Å²) in [5.41, 5.74) is 3.47. The fourth-order valence-corrected chi connectivity index (χ4v) is 6.33. The number of benzene rings is 2. The number of ether oxygens (including phenoxy) is 1. The summed E-state index contributed by atoms with van der Waals surface area (Å²) < 4.78 is 5.63. The lowest BCUT2D eigenvalue weighted by molar-refractivity contribution is -0.0226. The van der Waals surface area contributed by atoms with Crippen LogP contribution >= 0.6 is 0 Å². The first-order valence-corrected chi connectivity index (χ1v) is 10.6. The number of hydrogen-bond donors (Lipinski definition) is 1. The molecule has 5 atom stereocenters. The molecule has 146 valence electrons. The van der Waals surface area contributed by atoms with Gasteiger partial charge in [-0.2, -0.15) is 0 Å². The molecule has 1 unspecified atom stereocenters. The zero-order chi connectivity index (χ0) is 19.3. The fraction of sp³-hybridized carbons (Fsp3) is 0.480. The van der Waals surface area contributed by atoms with Crippen LogP contribution in [-0.2, 0) is 6.42 Å². The predicted octanol–water partition coefficient (Wildman–Crippen LogP) is 5.12. The molecule has 3 aliphatic carbocycles. The Labute approximate surface area is 166 Å². The minimum Gasteiger partial charge on any atom is -0.423 e. The minimum absolute atomic E-state index is 0.115. The zero-order valence-corrected chi connectivity index (χ0v) is 16.4. The Bertz CT molecular complexity index is 890. The van der Waals surface area contributed by atoms with Gasteiger partial charge in [0.15, 0.2) is 0 Å². The Hall–Kier alpha value is -2.13. The molecule has 0 radical (unpaired) electrons. The summed E-state index contributed by atoms with van der Waals surface area (Å²) in [7, 11) is 0. The van der Waals surface area contributed by atoms with Gasteiger partial charge >= 0.3 is 5.97 Å². The number of carbonyl (C=O) groups excluding carboxylic acids is 1. The predicted molar refractivity (Wildman–Crippen MR) is 108 cm³/mol. The van der Waals surface area contributed by atoms with Gasteiger partial charge in [-0.05, 0) is 97.1 Å². The molecule has 28 heavy (non-hydrogen) atoms. The van der Waals surface area contributed by atoms with E-state index in [2.05, 4.69) is 19.1 Å². The van der Waals surface area contributed by atoms with E-state index in [1.165, 1.54) is 24.0 Å². The van der Waals surface area contributed by atoms with E-state index < -0.39 is 0 Å². The van der Waals surface area contributed by atoms with Crippen LogP contribution in [0.15, 0.2) is 48.5 Å². The van der Waals surface area contributed by atoms with E-state index in [4.69, 9.17) is 4.74 Å². The van der Waals surface area contributed by atoms with Crippen LogP contribution in [0.25, 0.3) is 0 Å². The van der Waals surface area contributed by atoms with Crippen molar-refractivity contribution in [1.82, 2.24) is 0 Å². The monoisotopic (exact) mass is 376 g/mol. The quantitative estimate of drug-likeness (QED) is 0.584. The zero-order valence-electron chi connectivity index (χ0n) is 16.4. The number of hydrogen-bond acceptors (Lipinski definition) is 3. The molecule has 0 heterocycles. The van der Waals surface area contributed by atoms with Gasteiger partial charge in [-0.1, -0.05) is 31.2 Å². The first kappa shape index (κ1) is 17.9. The number of esters is 1. The number of aliphatic hydroxyl groups excluding tert-OH is 1. The molecule has 3 aliphatic rings. The van der Waals surface area contributed by atoms with Crippen LogP contribution in [0.4, 0.5) is 0 Å². The maximum atomic E-state index is 12.4. The van der Waals surface area contributed by atoms with Gasteiger partial charge in [-0.3, -0.25) is 0 Å². The smallest absolute Gasteiger partial charge is 0.343 e. The van der Waals surface area contributed by atoms with Crippen molar-refractivity contribution in [2.75, 3.05) is 0 Å². The van der Waals surface area contributed by atoms with Gasteiger partial charge in [-0.25, -0.2) is 4.79 Å². The van der Waals surface area contributed by atoms with Gasteiger partial charge in [0.05, 0.1) is 11.7 Å². The SMILES string of the molecule is C[C@]12CC[C@@H]3c4ccc(OC(=O)c5ccccc5)cc4CC[C@H]3[C@@H]1CCC2O. The fourth-order valence-electron chi connectivity index (χ4n) is 6.33. The van der Waals surface area contributed by atoms with Crippen LogP contribution in [0.3, 0.4) is 0 Å². The summed E-state index contributed by atoms with van der Waals surface area (Å²) in [4.78, 5) is 12.4. The number of aryl methyl sites for hydroxylation is 1. The molecule has 0 bridgehead atoms. The van der Waals surface area contributed by atoms with E-state index >= 15 is 0 Å². The second kappa shape index (κ2) is 6.73. The largest absolute Gasteiger partial charge is 0.423 e. The topological polar surface area (TPSA) is 46.5 Å². The summed E-state index contributed by atoms with van der Waals surface area (Å²) in [5, 5.41) is 10.5. The first-order valence-electron chi connectivity index (χ1n) is 10.6. The van der Waals surface area contributed by atoms with Gasteiger partial charge in [-0.15, -0.1) is 0 Å². The maximum Gasteiger partial charge on any atom is 0.343 e. The van der Waals surface area contributed by atoms with Crippen LogP contribution in [0.5, 0.6) is 5.75 Å². The standard InChI is InChI=1S/C25H28O3/c1-25-14-13-20-19-10-8-18(28-24(27)16-5-3-2-4-6-16)15-17(19)7-9-21(20)22(25)11-12-23(25)26/h2-6,8,10,15,20-23,26H,7,9,11-14H2,1H3/t20-,21-,22+,23?,25+/m1/s1. The maximum absolute atomic E-state index is 12.4. The third kappa shape index (κ3) is 2.79. The Morgan fingerprint density at radius 1 is 1.07 bits per heavy atom. The summed E-state index contributed by atoms with van der Waals surface area (Å²) in [6.07, 6.45) is 6.50. The van der Waals surface area contributed by atoms with Crippen LogP contribution in [0, 0.1) is 17.3 Å². The lowest BCUT2D eigenvalue weighted by Gasteiger charge is -2.50. The average Bonchev–Trinajstić information content (AvgIpc) is 3.03. The van der Waals surface area contributed by atoms with E-state index in [1.807, 2.05) is 24.3 Å². The molecule has 0 amide bonds. The third-order valence-electron chi connectivity index (χ3n) is 7.87. The summed E-state index contributed by atoms with van der Waals surface area (Å²) in [6, 6.07) is 15.4. The van der Waals surface area contributed by atoms with Crippen molar-refractivity contribution in [3.05, 3.63) is 65.2 Å². The lowest BCUT2D eigenvalue weighted by Crippen LogP contribution is -2.43. The van der Waals surface area contributed by atoms with Crippen molar-refractivity contribution in [3.63, 3.8) is 0 Å². The van der Waals surface area contributed by atoms with Crippen molar-refractivity contribution in [3.8, 4) is 5.75 Å². The summed E-state index contributed by atoms with van der Waals surface area (Å²) >= 11 is 0. The number of carbonyl (C=O) groups is 1. The van der Waals surface area contributed by atoms with E-state index in [9.17, 15) is 9.90 Å². The average molecular weight is 376 g/mol. The highest BCUT2D eigenvalue weighted by molar-refractivity contribution is 5.91. The molecule has 2 saturated carbocycles. The summed E-state index contributed by atoms with van der Waals surface area (Å²) in [6.45, 7) is 2.31. The van der Waals surface area contributed by atoms with Crippen molar-refractivity contribution in [2.45, 2.75) is 57.5 Å². The molecule has 0 spiro atoms. The van der Waals surface area contributed by atoms with E-state index in [0.717, 1.165) is 25.7 Å². The van der Waals surface area contributed by atoms with Crippen molar-refractivity contribution < 1.29 is 14.6 Å². The molecule has 0 aliphatic heterocycles. The highest BCUT2D eigenvalue weighted by atomic mass is 16.5. The molecule has 1 N–H and O–H groups in total. The highest BCUT2D eigenvalue weighted by Gasteiger charge is 2.54. The van der Waals surface area contributed by atoms with Gasteiger partial charge in [0.2, 0.25) is 0 Å². The first-order chi connectivity index (χ1) is 13.6. The molecule has 2 aromatic carbocycles. The molecular weight excluding hydrogens is 348 g/mol. The van der Waals surface area contributed by atoms with Crippen LogP contribution in [0.1, 0.15) is 66.4 Å². The van der Waals surface area contributed by atoms with E-state index in [-0.39, 0.29) is 17.5 Å². The Balaban J connectivity index is 1.37. The van der Waals surface area contributed by atoms with Crippen LogP contribution in [-0.4, -0.2) is 17.2 Å². The molecule has 3 heteroatoms. The van der Waals surface area contributed by atoms with Gasteiger partial charge < -0.3 is 9.84 Å². The molecular formula is C25H28O3.